The number of hydrogen-bond acceptors (Lipinski definition) is 3. The maximum atomic E-state index is 11.8. The van der Waals surface area contributed by atoms with Crippen molar-refractivity contribution in [3.05, 3.63) is 29.8 Å². The summed E-state index contributed by atoms with van der Waals surface area (Å²) in [4.78, 5) is 11.8. The average molecular weight is 263 g/mol. The van der Waals surface area contributed by atoms with E-state index in [2.05, 4.69) is 10.6 Å². The minimum Gasteiger partial charge on any atom is -0.399 e. The van der Waals surface area contributed by atoms with Gasteiger partial charge in [-0.1, -0.05) is 12.1 Å². The van der Waals surface area contributed by atoms with E-state index in [4.69, 9.17) is 10.5 Å². The first-order chi connectivity index (χ1) is 9.16. The molecule has 0 aromatic heterocycles. The average Bonchev–Trinajstić information content (AvgIpc) is 3.16. The van der Waals surface area contributed by atoms with Crippen molar-refractivity contribution < 1.29 is 9.53 Å². The summed E-state index contributed by atoms with van der Waals surface area (Å²) in [6.45, 7) is 1.28. The third-order valence-electron chi connectivity index (χ3n) is 3.38. The summed E-state index contributed by atoms with van der Waals surface area (Å²) in [5, 5.41) is 5.89. The van der Waals surface area contributed by atoms with Gasteiger partial charge < -0.3 is 21.1 Å². The molecule has 104 valence electrons. The molecule has 0 unspecified atom stereocenters. The molecule has 0 saturated heterocycles. The van der Waals surface area contributed by atoms with Crippen LogP contribution in [0.4, 0.5) is 10.5 Å². The fourth-order valence-corrected chi connectivity index (χ4v) is 2.09. The summed E-state index contributed by atoms with van der Waals surface area (Å²) >= 11 is 0. The van der Waals surface area contributed by atoms with Gasteiger partial charge >= 0.3 is 6.03 Å². The fourth-order valence-electron chi connectivity index (χ4n) is 2.09. The quantitative estimate of drug-likeness (QED) is 0.539. The van der Waals surface area contributed by atoms with Crippen LogP contribution in [0.3, 0.4) is 0 Å². The summed E-state index contributed by atoms with van der Waals surface area (Å²) in [7, 11) is 1.65. The van der Waals surface area contributed by atoms with Gasteiger partial charge in [0.2, 0.25) is 0 Å². The molecule has 0 heterocycles. The number of nitrogens with two attached hydrogens (primary N) is 1. The maximum absolute atomic E-state index is 11.8. The Hall–Kier alpha value is -1.75. The summed E-state index contributed by atoms with van der Waals surface area (Å²) < 4.78 is 4.93. The number of carbonyl (C=O) groups is 1. The smallest absolute Gasteiger partial charge is 0.315 e. The Balaban J connectivity index is 1.84. The lowest BCUT2D eigenvalue weighted by molar-refractivity contribution is 0.193. The molecule has 1 aliphatic carbocycles. The molecule has 1 aromatic rings. The first-order valence-electron chi connectivity index (χ1n) is 6.57. The van der Waals surface area contributed by atoms with E-state index in [1.165, 1.54) is 0 Å². The van der Waals surface area contributed by atoms with E-state index in [-0.39, 0.29) is 11.6 Å². The van der Waals surface area contributed by atoms with Gasteiger partial charge in [-0.05, 0) is 37.0 Å². The highest BCUT2D eigenvalue weighted by Crippen LogP contribution is 2.45. The van der Waals surface area contributed by atoms with Crippen molar-refractivity contribution in [3.63, 3.8) is 0 Å². The molecule has 2 amide bonds. The standard InChI is InChI=1S/C14H21N3O2/c1-19-10-2-9-16-13(18)17-14(7-8-14)11-3-5-12(15)6-4-11/h3-6H,2,7-10,15H2,1H3,(H2,16,17,18). The zero-order valence-corrected chi connectivity index (χ0v) is 11.2. The minimum absolute atomic E-state index is 0.120. The second kappa shape index (κ2) is 5.93. The van der Waals surface area contributed by atoms with Crippen LogP contribution in [0, 0.1) is 0 Å². The molecule has 0 atom stereocenters. The Bertz CT molecular complexity index is 427. The Morgan fingerprint density at radius 1 is 1.37 bits per heavy atom. The third kappa shape index (κ3) is 3.61. The Kier molecular flexibility index (Phi) is 4.27. The van der Waals surface area contributed by atoms with Crippen LogP contribution in [0.25, 0.3) is 0 Å². The van der Waals surface area contributed by atoms with Crippen LogP contribution >= 0.6 is 0 Å². The summed E-state index contributed by atoms with van der Waals surface area (Å²) in [6, 6.07) is 7.58. The molecule has 0 bridgehead atoms. The highest BCUT2D eigenvalue weighted by Gasteiger charge is 2.45. The molecular formula is C14H21N3O2. The van der Waals surface area contributed by atoms with Gasteiger partial charge in [-0.25, -0.2) is 4.79 Å². The predicted molar refractivity (Wildman–Crippen MR) is 74.8 cm³/mol. The van der Waals surface area contributed by atoms with Gasteiger partial charge in [0.15, 0.2) is 0 Å². The number of hydrogen-bond donors (Lipinski definition) is 3. The van der Waals surface area contributed by atoms with Crippen molar-refractivity contribution in [2.24, 2.45) is 0 Å². The molecule has 0 aliphatic heterocycles. The highest BCUT2D eigenvalue weighted by atomic mass is 16.5. The molecule has 0 spiro atoms. The lowest BCUT2D eigenvalue weighted by Gasteiger charge is -2.18. The number of carbonyl (C=O) groups excluding carboxylic acids is 1. The Labute approximate surface area is 113 Å². The van der Waals surface area contributed by atoms with E-state index in [1.807, 2.05) is 24.3 Å². The summed E-state index contributed by atoms with van der Waals surface area (Å²) in [5.74, 6) is 0. The van der Waals surface area contributed by atoms with E-state index in [1.54, 1.807) is 7.11 Å². The van der Waals surface area contributed by atoms with Crippen molar-refractivity contribution in [1.29, 1.82) is 0 Å². The number of nitrogen functional groups attached to an aromatic ring is 1. The van der Waals surface area contributed by atoms with E-state index in [0.29, 0.717) is 13.2 Å². The number of benzene rings is 1. The second-order valence-corrected chi connectivity index (χ2v) is 4.93. The first-order valence-corrected chi connectivity index (χ1v) is 6.57. The monoisotopic (exact) mass is 263 g/mol. The van der Waals surface area contributed by atoms with Crippen LogP contribution in [-0.2, 0) is 10.3 Å². The van der Waals surface area contributed by atoms with Gasteiger partial charge in [-0.2, -0.15) is 0 Å². The maximum Gasteiger partial charge on any atom is 0.315 e. The molecular weight excluding hydrogens is 242 g/mol. The normalized spacial score (nSPS) is 15.8. The molecule has 19 heavy (non-hydrogen) atoms. The van der Waals surface area contributed by atoms with E-state index >= 15 is 0 Å². The van der Waals surface area contributed by atoms with E-state index < -0.39 is 0 Å². The Morgan fingerprint density at radius 2 is 2.05 bits per heavy atom. The van der Waals surface area contributed by atoms with Crippen molar-refractivity contribution in [1.82, 2.24) is 10.6 Å². The Morgan fingerprint density at radius 3 is 2.63 bits per heavy atom. The number of nitrogens with one attached hydrogen (secondary N) is 2. The van der Waals surface area contributed by atoms with Crippen LogP contribution < -0.4 is 16.4 Å². The molecule has 5 nitrogen and oxygen atoms in total. The number of methoxy groups -OCH3 is 1. The number of anilines is 1. The molecule has 1 aromatic carbocycles. The topological polar surface area (TPSA) is 76.4 Å². The lowest BCUT2D eigenvalue weighted by Crippen LogP contribution is -2.42. The summed E-state index contributed by atoms with van der Waals surface area (Å²) in [5.41, 5.74) is 7.34. The van der Waals surface area contributed by atoms with Crippen molar-refractivity contribution in [2.45, 2.75) is 24.8 Å². The van der Waals surface area contributed by atoms with Crippen LogP contribution in [0.1, 0.15) is 24.8 Å². The lowest BCUT2D eigenvalue weighted by atomic mass is 10.0. The van der Waals surface area contributed by atoms with Gasteiger partial charge in [0.1, 0.15) is 0 Å². The van der Waals surface area contributed by atoms with Crippen LogP contribution in [-0.4, -0.2) is 26.3 Å². The van der Waals surface area contributed by atoms with E-state index in [9.17, 15) is 4.79 Å². The second-order valence-electron chi connectivity index (χ2n) is 4.93. The molecule has 4 N–H and O–H groups in total. The number of amides is 2. The molecule has 1 aliphatic rings. The summed E-state index contributed by atoms with van der Waals surface area (Å²) in [6.07, 6.45) is 2.77. The minimum atomic E-state index is -0.195. The zero-order chi connectivity index (χ0) is 13.7. The molecule has 2 rings (SSSR count). The number of rotatable bonds is 6. The van der Waals surface area contributed by atoms with Crippen LogP contribution in [0.2, 0.25) is 0 Å². The molecule has 5 heteroatoms. The molecule has 1 fully saturated rings. The zero-order valence-electron chi connectivity index (χ0n) is 11.2. The number of urea groups is 1. The largest absolute Gasteiger partial charge is 0.399 e. The van der Waals surface area contributed by atoms with Gasteiger partial charge in [0.25, 0.3) is 0 Å². The highest BCUT2D eigenvalue weighted by molar-refractivity contribution is 5.75. The van der Waals surface area contributed by atoms with Gasteiger partial charge in [-0.3, -0.25) is 0 Å². The van der Waals surface area contributed by atoms with Crippen LogP contribution in [0.15, 0.2) is 24.3 Å². The fraction of sp³-hybridized carbons (Fsp3) is 0.500. The number of ether oxygens (including phenoxy) is 1. The predicted octanol–water partition coefficient (Wildman–Crippen LogP) is 1.59. The van der Waals surface area contributed by atoms with E-state index in [0.717, 1.165) is 30.5 Å². The van der Waals surface area contributed by atoms with Crippen molar-refractivity contribution in [2.75, 3.05) is 26.0 Å². The van der Waals surface area contributed by atoms with Crippen LogP contribution in [0.5, 0.6) is 0 Å². The SMILES string of the molecule is COCCCNC(=O)NC1(c2ccc(N)cc2)CC1. The van der Waals surface area contributed by atoms with Crippen molar-refractivity contribution in [3.8, 4) is 0 Å². The molecule has 1 saturated carbocycles. The van der Waals surface area contributed by atoms with Gasteiger partial charge in [0, 0.05) is 25.9 Å². The van der Waals surface area contributed by atoms with Crippen molar-refractivity contribution >= 4 is 11.7 Å². The van der Waals surface area contributed by atoms with Gasteiger partial charge in [0.05, 0.1) is 5.54 Å². The van der Waals surface area contributed by atoms with Gasteiger partial charge in [-0.15, -0.1) is 0 Å². The first kappa shape index (κ1) is 13.7. The molecule has 0 radical (unpaired) electrons. The third-order valence-corrected chi connectivity index (χ3v) is 3.38.